The molecule has 8 nitrogen and oxygen atoms in total. The lowest BCUT2D eigenvalue weighted by molar-refractivity contribution is -0.141. The topological polar surface area (TPSA) is 105 Å². The second-order valence-corrected chi connectivity index (χ2v) is 7.26. The fourth-order valence-corrected chi connectivity index (χ4v) is 3.52. The smallest absolute Gasteiger partial charge is 0.389 e. The Morgan fingerprint density at radius 3 is 2.52 bits per heavy atom. The zero-order valence-corrected chi connectivity index (χ0v) is 16.7. The molecule has 0 spiro atoms. The lowest BCUT2D eigenvalue weighted by Gasteiger charge is -2.40. The molecule has 3 heterocycles. The van der Waals surface area contributed by atoms with Gasteiger partial charge in [-0.3, -0.25) is 4.79 Å². The maximum Gasteiger partial charge on any atom is 0.419 e. The van der Waals surface area contributed by atoms with Crippen LogP contribution in [0.4, 0.5) is 19.1 Å². The maximum absolute atomic E-state index is 12.6. The average molecular weight is 440 g/mol. The Morgan fingerprint density at radius 2 is 1.97 bits per heavy atom. The highest BCUT2D eigenvalue weighted by atomic mass is 35.5. The van der Waals surface area contributed by atoms with Crippen molar-refractivity contribution in [3.8, 4) is 0 Å². The number of aliphatic hydroxyl groups excluding tert-OH is 1. The van der Waals surface area contributed by atoms with Crippen LogP contribution in [0, 0.1) is 0 Å². The van der Waals surface area contributed by atoms with E-state index in [0.29, 0.717) is 25.9 Å². The monoisotopic (exact) mass is 439 g/mol. The third-order valence-corrected chi connectivity index (χ3v) is 4.95. The van der Waals surface area contributed by atoms with Gasteiger partial charge in [-0.1, -0.05) is 0 Å². The van der Waals surface area contributed by atoms with Crippen molar-refractivity contribution in [1.82, 2.24) is 14.9 Å². The largest absolute Gasteiger partial charge is 0.419 e. The number of β-amino-alcohol motifs (C(OH)–C–C–N with tert-alkyl or cyclic N) is 1. The molecule has 1 unspecified atom stereocenters. The molecule has 2 aliphatic rings. The van der Waals surface area contributed by atoms with Crippen LogP contribution < -0.4 is 10.6 Å². The molecule has 3 rings (SSSR count). The summed E-state index contributed by atoms with van der Waals surface area (Å²) in [5, 5.41) is 10.5. The average Bonchev–Trinajstić information content (AvgIpc) is 3.00. The first kappa shape index (κ1) is 23.6. The van der Waals surface area contributed by atoms with Crippen molar-refractivity contribution < 1.29 is 27.8 Å². The van der Waals surface area contributed by atoms with E-state index < -0.39 is 23.9 Å². The zero-order chi connectivity index (χ0) is 20.5. The summed E-state index contributed by atoms with van der Waals surface area (Å²) >= 11 is 0. The molecule has 0 saturated carbocycles. The molecule has 4 atom stereocenters. The Bertz CT molecular complexity index is 692. The predicted molar refractivity (Wildman–Crippen MR) is 101 cm³/mol. The number of amides is 1. The van der Waals surface area contributed by atoms with Crippen LogP contribution in [-0.4, -0.2) is 76.4 Å². The van der Waals surface area contributed by atoms with Gasteiger partial charge in [0.25, 0.3) is 5.91 Å². The minimum absolute atomic E-state index is 0. The van der Waals surface area contributed by atoms with Crippen molar-refractivity contribution in [3.63, 3.8) is 0 Å². The molecule has 29 heavy (non-hydrogen) atoms. The van der Waals surface area contributed by atoms with Crippen LogP contribution >= 0.6 is 12.4 Å². The SMILES string of the molecule is CC(N)CO[C@@H]1CCN([C@H]2CCN(c3ncc(C(F)(F)F)cn3)C[C@@H]2O)C1=O.Cl. The molecule has 2 fully saturated rings. The van der Waals surface area contributed by atoms with Crippen molar-refractivity contribution >= 4 is 24.3 Å². The van der Waals surface area contributed by atoms with Crippen molar-refractivity contribution in [2.75, 3.05) is 31.1 Å². The summed E-state index contributed by atoms with van der Waals surface area (Å²) in [6.45, 7) is 3.12. The molecule has 0 aromatic carbocycles. The van der Waals surface area contributed by atoms with E-state index in [0.717, 1.165) is 12.4 Å². The van der Waals surface area contributed by atoms with Gasteiger partial charge in [0.15, 0.2) is 0 Å². The number of hydrogen-bond donors (Lipinski definition) is 2. The summed E-state index contributed by atoms with van der Waals surface area (Å²) in [6.07, 6.45) is -3.46. The molecule has 0 radical (unpaired) electrons. The van der Waals surface area contributed by atoms with E-state index in [-0.39, 0.29) is 49.5 Å². The second-order valence-electron chi connectivity index (χ2n) is 7.26. The predicted octanol–water partition coefficient (Wildman–Crippen LogP) is 0.821. The lowest BCUT2D eigenvalue weighted by atomic mass is 10.0. The van der Waals surface area contributed by atoms with E-state index in [1.54, 1.807) is 16.7 Å². The fourth-order valence-electron chi connectivity index (χ4n) is 3.52. The zero-order valence-electron chi connectivity index (χ0n) is 15.9. The molecule has 1 amide bonds. The maximum atomic E-state index is 12.6. The molecule has 12 heteroatoms. The molecule has 2 aliphatic heterocycles. The lowest BCUT2D eigenvalue weighted by Crippen LogP contribution is -2.55. The van der Waals surface area contributed by atoms with E-state index in [1.807, 2.05) is 0 Å². The van der Waals surface area contributed by atoms with Crippen molar-refractivity contribution in [2.45, 2.75) is 50.2 Å². The molecular weight excluding hydrogens is 415 g/mol. The van der Waals surface area contributed by atoms with Crippen molar-refractivity contribution in [3.05, 3.63) is 18.0 Å². The highest BCUT2D eigenvalue weighted by molar-refractivity contribution is 5.85. The van der Waals surface area contributed by atoms with Crippen LogP contribution in [0.3, 0.4) is 0 Å². The first-order valence-electron chi connectivity index (χ1n) is 9.16. The summed E-state index contributed by atoms with van der Waals surface area (Å²) in [7, 11) is 0. The summed E-state index contributed by atoms with van der Waals surface area (Å²) < 4.78 is 43.4. The number of halogens is 4. The number of hydrogen-bond acceptors (Lipinski definition) is 7. The Morgan fingerprint density at radius 1 is 1.31 bits per heavy atom. The van der Waals surface area contributed by atoms with Crippen molar-refractivity contribution in [1.29, 1.82) is 0 Å². The fraction of sp³-hybridized carbons (Fsp3) is 0.706. The number of ether oxygens (including phenoxy) is 1. The van der Waals surface area contributed by atoms with Crippen LogP contribution in [0.15, 0.2) is 12.4 Å². The van der Waals surface area contributed by atoms with Gasteiger partial charge in [0.2, 0.25) is 5.95 Å². The van der Waals surface area contributed by atoms with Crippen LogP contribution in [-0.2, 0) is 15.7 Å². The molecule has 2 saturated heterocycles. The van der Waals surface area contributed by atoms with Crippen LogP contribution in [0.1, 0.15) is 25.3 Å². The third kappa shape index (κ3) is 5.47. The quantitative estimate of drug-likeness (QED) is 0.699. The van der Waals surface area contributed by atoms with E-state index in [4.69, 9.17) is 10.5 Å². The van der Waals surface area contributed by atoms with Gasteiger partial charge in [-0.15, -0.1) is 12.4 Å². The number of rotatable bonds is 5. The van der Waals surface area contributed by atoms with E-state index >= 15 is 0 Å². The first-order chi connectivity index (χ1) is 13.2. The number of alkyl halides is 3. The number of nitrogens with zero attached hydrogens (tertiary/aromatic N) is 4. The number of piperidine rings is 1. The highest BCUT2D eigenvalue weighted by Crippen LogP contribution is 2.29. The number of carbonyl (C=O) groups excluding carboxylic acids is 1. The Kier molecular flexibility index (Phi) is 7.66. The number of likely N-dealkylation sites (tertiary alicyclic amines) is 1. The molecule has 0 aliphatic carbocycles. The Balaban J connectivity index is 0.00000300. The summed E-state index contributed by atoms with van der Waals surface area (Å²) in [5.74, 6) is -0.0414. The molecule has 3 N–H and O–H groups in total. The highest BCUT2D eigenvalue weighted by Gasteiger charge is 2.41. The second kappa shape index (κ2) is 9.41. The van der Waals surface area contributed by atoms with Gasteiger partial charge in [0.1, 0.15) is 6.10 Å². The third-order valence-electron chi connectivity index (χ3n) is 4.95. The van der Waals surface area contributed by atoms with Gasteiger partial charge < -0.3 is 25.4 Å². The summed E-state index contributed by atoms with van der Waals surface area (Å²) in [4.78, 5) is 23.3. The van der Waals surface area contributed by atoms with E-state index in [2.05, 4.69) is 9.97 Å². The van der Waals surface area contributed by atoms with E-state index in [1.165, 1.54) is 0 Å². The van der Waals surface area contributed by atoms with Gasteiger partial charge in [0, 0.05) is 44.5 Å². The van der Waals surface area contributed by atoms with Crippen LogP contribution in [0.2, 0.25) is 0 Å². The normalized spacial score (nSPS) is 26.4. The summed E-state index contributed by atoms with van der Waals surface area (Å²) in [5.41, 5.74) is 4.73. The molecule has 1 aromatic rings. The molecular formula is C17H25ClF3N5O3. The van der Waals surface area contributed by atoms with Gasteiger partial charge in [-0.2, -0.15) is 13.2 Å². The Hall–Kier alpha value is -1.69. The number of aromatic nitrogens is 2. The first-order valence-corrected chi connectivity index (χ1v) is 9.16. The van der Waals surface area contributed by atoms with E-state index in [9.17, 15) is 23.1 Å². The molecule has 1 aromatic heterocycles. The minimum atomic E-state index is -4.50. The Labute approximate surface area is 172 Å². The summed E-state index contributed by atoms with van der Waals surface area (Å²) in [6, 6.07) is -0.540. The number of anilines is 1. The molecule has 164 valence electrons. The standard InChI is InChI=1S/C17H24F3N5O3.ClH/c1-10(21)9-28-14-3-5-25(15(14)27)12-2-4-24(8-13(12)26)16-22-6-11(7-23-16)17(18,19)20;/h6-7,10,12-14,26H,2-5,8-9,21H2,1H3;1H/t10?,12-,13-,14+;/m0./s1. The van der Waals surface area contributed by atoms with Crippen LogP contribution in [0.25, 0.3) is 0 Å². The number of nitrogens with two attached hydrogens (primary N) is 1. The number of carbonyl (C=O) groups is 1. The van der Waals surface area contributed by atoms with Crippen LogP contribution in [0.5, 0.6) is 0 Å². The number of aliphatic hydroxyl groups is 1. The van der Waals surface area contributed by atoms with Crippen molar-refractivity contribution in [2.24, 2.45) is 5.73 Å². The van der Waals surface area contributed by atoms with Gasteiger partial charge in [-0.05, 0) is 13.3 Å². The van der Waals surface area contributed by atoms with Gasteiger partial charge in [0.05, 0.1) is 24.3 Å². The van der Waals surface area contributed by atoms with Gasteiger partial charge >= 0.3 is 6.18 Å². The van der Waals surface area contributed by atoms with Gasteiger partial charge in [-0.25, -0.2) is 9.97 Å². The minimum Gasteiger partial charge on any atom is -0.389 e. The molecule has 0 bridgehead atoms.